The van der Waals surface area contributed by atoms with Crippen molar-refractivity contribution in [3.05, 3.63) is 45.2 Å². The molecule has 4 nitrogen and oxygen atoms in total. The molecule has 0 bridgehead atoms. The van der Waals surface area contributed by atoms with Gasteiger partial charge in [0.25, 0.3) is 0 Å². The van der Waals surface area contributed by atoms with Gasteiger partial charge in [-0.3, -0.25) is 0 Å². The molecule has 0 unspecified atom stereocenters. The largest absolute Gasteiger partial charge is 0.390 e. The van der Waals surface area contributed by atoms with Crippen LogP contribution in [0.25, 0.3) is 0 Å². The lowest BCUT2D eigenvalue weighted by Gasteiger charge is -2.26. The number of nitrogens with zero attached hydrogens (tertiary/aromatic N) is 3. The molecule has 2 aromatic rings. The summed E-state index contributed by atoms with van der Waals surface area (Å²) in [6, 6.07) is 5.45. The minimum Gasteiger partial charge on any atom is -0.390 e. The number of rotatable bonds is 4. The fourth-order valence-corrected chi connectivity index (χ4v) is 3.06. The molecule has 1 fully saturated rings. The van der Waals surface area contributed by atoms with E-state index in [0.717, 1.165) is 24.1 Å². The molecule has 6 heteroatoms. The van der Waals surface area contributed by atoms with Crippen LogP contribution in [0.15, 0.2) is 18.2 Å². The summed E-state index contributed by atoms with van der Waals surface area (Å²) in [5.41, 5.74) is 2.53. The summed E-state index contributed by atoms with van der Waals surface area (Å²) >= 11 is 12.4. The van der Waals surface area contributed by atoms with Crippen molar-refractivity contribution in [1.82, 2.24) is 15.0 Å². The van der Waals surface area contributed by atoms with Gasteiger partial charge in [-0.25, -0.2) is 4.68 Å². The molecule has 1 aromatic heterocycles. The van der Waals surface area contributed by atoms with Crippen molar-refractivity contribution in [2.24, 2.45) is 0 Å². The predicted molar refractivity (Wildman–Crippen MR) is 78.1 cm³/mol. The van der Waals surface area contributed by atoms with Crippen molar-refractivity contribution >= 4 is 23.2 Å². The van der Waals surface area contributed by atoms with E-state index in [1.807, 2.05) is 22.9 Å². The highest BCUT2D eigenvalue weighted by molar-refractivity contribution is 6.35. The highest BCUT2D eigenvalue weighted by Crippen LogP contribution is 2.38. The van der Waals surface area contributed by atoms with Gasteiger partial charge in [0.2, 0.25) is 0 Å². The van der Waals surface area contributed by atoms with Crippen LogP contribution in [0.5, 0.6) is 0 Å². The Labute approximate surface area is 127 Å². The summed E-state index contributed by atoms with van der Waals surface area (Å²) in [5.74, 6) is 0.438. The van der Waals surface area contributed by atoms with Gasteiger partial charge in [-0.2, -0.15) is 0 Å². The van der Waals surface area contributed by atoms with Crippen LogP contribution in [0.1, 0.15) is 42.1 Å². The van der Waals surface area contributed by atoms with E-state index in [-0.39, 0.29) is 6.61 Å². The van der Waals surface area contributed by atoms with E-state index in [0.29, 0.717) is 28.2 Å². The van der Waals surface area contributed by atoms with Gasteiger partial charge in [-0.15, -0.1) is 5.10 Å². The Morgan fingerprint density at radius 2 is 1.95 bits per heavy atom. The third-order valence-corrected chi connectivity index (χ3v) is 4.57. The average molecular weight is 312 g/mol. The monoisotopic (exact) mass is 311 g/mol. The van der Waals surface area contributed by atoms with Gasteiger partial charge in [0, 0.05) is 21.5 Å². The lowest BCUT2D eigenvalue weighted by Crippen LogP contribution is -2.17. The number of hydrogen-bond acceptors (Lipinski definition) is 3. The molecule has 106 valence electrons. The van der Waals surface area contributed by atoms with Crippen molar-refractivity contribution in [2.75, 3.05) is 0 Å². The standard InChI is InChI=1S/C14H15Cl2N3O/c15-11-5-2-6-12(16)10(11)7-19-14(9-3-1-4-9)13(8-20)17-18-19/h2,5-6,9,20H,1,3-4,7-8H2. The first-order chi connectivity index (χ1) is 9.70. The highest BCUT2D eigenvalue weighted by Gasteiger charge is 2.27. The first-order valence-corrected chi connectivity index (χ1v) is 7.42. The summed E-state index contributed by atoms with van der Waals surface area (Å²) in [4.78, 5) is 0. The third kappa shape index (κ3) is 2.43. The molecular weight excluding hydrogens is 297 g/mol. The lowest BCUT2D eigenvalue weighted by atomic mass is 9.82. The first-order valence-electron chi connectivity index (χ1n) is 6.66. The Hall–Kier alpha value is -1.10. The number of aliphatic hydroxyl groups excluding tert-OH is 1. The minimum absolute atomic E-state index is 0.0813. The van der Waals surface area contributed by atoms with Gasteiger partial charge in [-0.05, 0) is 25.0 Å². The van der Waals surface area contributed by atoms with Crippen molar-refractivity contribution < 1.29 is 5.11 Å². The maximum absolute atomic E-state index is 9.41. The highest BCUT2D eigenvalue weighted by atomic mass is 35.5. The van der Waals surface area contributed by atoms with Crippen LogP contribution in [0.4, 0.5) is 0 Å². The minimum atomic E-state index is -0.0813. The van der Waals surface area contributed by atoms with Crippen molar-refractivity contribution in [1.29, 1.82) is 0 Å². The summed E-state index contributed by atoms with van der Waals surface area (Å²) < 4.78 is 1.82. The molecule has 1 saturated carbocycles. The van der Waals surface area contributed by atoms with E-state index in [9.17, 15) is 5.11 Å². The maximum atomic E-state index is 9.41. The normalized spacial score (nSPS) is 15.3. The van der Waals surface area contributed by atoms with E-state index in [4.69, 9.17) is 23.2 Å². The molecule has 0 spiro atoms. The fourth-order valence-electron chi connectivity index (χ4n) is 2.55. The van der Waals surface area contributed by atoms with E-state index < -0.39 is 0 Å². The van der Waals surface area contributed by atoms with Crippen LogP contribution in [-0.4, -0.2) is 20.1 Å². The molecule has 3 rings (SSSR count). The van der Waals surface area contributed by atoms with E-state index in [2.05, 4.69) is 10.3 Å². The first kappa shape index (κ1) is 13.9. The molecule has 0 atom stereocenters. The molecule has 1 aliphatic rings. The predicted octanol–water partition coefficient (Wildman–Crippen LogP) is 3.39. The van der Waals surface area contributed by atoms with Crippen molar-refractivity contribution in [2.45, 2.75) is 38.3 Å². The van der Waals surface area contributed by atoms with E-state index >= 15 is 0 Å². The summed E-state index contributed by atoms with van der Waals surface area (Å²) in [7, 11) is 0. The quantitative estimate of drug-likeness (QED) is 0.941. The molecule has 1 heterocycles. The summed E-state index contributed by atoms with van der Waals surface area (Å²) in [6.07, 6.45) is 3.46. The second-order valence-electron chi connectivity index (χ2n) is 5.07. The van der Waals surface area contributed by atoms with Crippen LogP contribution < -0.4 is 0 Å². The molecule has 0 radical (unpaired) electrons. The molecule has 1 aromatic carbocycles. The Morgan fingerprint density at radius 1 is 1.25 bits per heavy atom. The van der Waals surface area contributed by atoms with Gasteiger partial charge < -0.3 is 5.11 Å². The molecule has 20 heavy (non-hydrogen) atoms. The second kappa shape index (κ2) is 5.72. The van der Waals surface area contributed by atoms with Crippen LogP contribution in [0.3, 0.4) is 0 Å². The number of benzene rings is 1. The van der Waals surface area contributed by atoms with Crippen molar-refractivity contribution in [3.63, 3.8) is 0 Å². The number of hydrogen-bond donors (Lipinski definition) is 1. The van der Waals surface area contributed by atoms with E-state index in [1.54, 1.807) is 0 Å². The molecule has 0 amide bonds. The van der Waals surface area contributed by atoms with Crippen LogP contribution in [0.2, 0.25) is 10.0 Å². The second-order valence-corrected chi connectivity index (χ2v) is 5.88. The average Bonchev–Trinajstić information content (AvgIpc) is 2.75. The van der Waals surface area contributed by atoms with Gasteiger partial charge in [-0.1, -0.05) is 40.9 Å². The Morgan fingerprint density at radius 3 is 2.50 bits per heavy atom. The zero-order valence-corrected chi connectivity index (χ0v) is 12.4. The molecular formula is C14H15Cl2N3O. The lowest BCUT2D eigenvalue weighted by molar-refractivity contribution is 0.271. The Balaban J connectivity index is 1.96. The SMILES string of the molecule is OCc1nnn(Cc2c(Cl)cccc2Cl)c1C1CCC1. The Bertz CT molecular complexity index is 603. The third-order valence-electron chi connectivity index (χ3n) is 3.86. The van der Waals surface area contributed by atoms with Gasteiger partial charge in [0.1, 0.15) is 5.69 Å². The van der Waals surface area contributed by atoms with Crippen molar-refractivity contribution in [3.8, 4) is 0 Å². The van der Waals surface area contributed by atoms with Gasteiger partial charge in [0.15, 0.2) is 0 Å². The fraction of sp³-hybridized carbons (Fsp3) is 0.429. The zero-order valence-electron chi connectivity index (χ0n) is 10.9. The molecule has 0 saturated heterocycles. The zero-order chi connectivity index (χ0) is 14.1. The maximum Gasteiger partial charge on any atom is 0.112 e. The summed E-state index contributed by atoms with van der Waals surface area (Å²) in [5, 5.41) is 18.9. The number of aromatic nitrogens is 3. The number of aliphatic hydroxyl groups is 1. The van der Waals surface area contributed by atoms with Crippen LogP contribution in [0, 0.1) is 0 Å². The van der Waals surface area contributed by atoms with E-state index in [1.165, 1.54) is 6.42 Å². The van der Waals surface area contributed by atoms with Crippen LogP contribution in [-0.2, 0) is 13.2 Å². The Kier molecular flexibility index (Phi) is 3.96. The molecule has 1 N–H and O–H groups in total. The smallest absolute Gasteiger partial charge is 0.112 e. The van der Waals surface area contributed by atoms with Crippen LogP contribution >= 0.6 is 23.2 Å². The van der Waals surface area contributed by atoms with Gasteiger partial charge >= 0.3 is 0 Å². The number of halogens is 2. The van der Waals surface area contributed by atoms with Gasteiger partial charge in [0.05, 0.1) is 18.8 Å². The molecule has 1 aliphatic carbocycles. The summed E-state index contributed by atoms with van der Waals surface area (Å²) in [6.45, 7) is 0.402. The molecule has 0 aliphatic heterocycles. The topological polar surface area (TPSA) is 50.9 Å².